The van der Waals surface area contributed by atoms with E-state index in [2.05, 4.69) is 24.1 Å². The summed E-state index contributed by atoms with van der Waals surface area (Å²) in [6.07, 6.45) is 8.92. The lowest BCUT2D eigenvalue weighted by Crippen LogP contribution is -2.54. The molecule has 1 aliphatic heterocycles. The molecule has 0 aromatic carbocycles. The summed E-state index contributed by atoms with van der Waals surface area (Å²) in [4.78, 5) is 2.73. The van der Waals surface area contributed by atoms with Gasteiger partial charge in [-0.1, -0.05) is 13.8 Å². The summed E-state index contributed by atoms with van der Waals surface area (Å²) in [6, 6.07) is 0.675. The number of nitrogens with zero attached hydrogens (tertiary/aromatic N) is 1. The molecule has 0 aromatic heterocycles. The summed E-state index contributed by atoms with van der Waals surface area (Å²) >= 11 is 0. The molecule has 3 nitrogen and oxygen atoms in total. The largest absolute Gasteiger partial charge is 0.394 e. The van der Waals surface area contributed by atoms with E-state index in [1.54, 1.807) is 0 Å². The highest BCUT2D eigenvalue weighted by atomic mass is 16.3. The molecule has 1 saturated carbocycles. The van der Waals surface area contributed by atoms with Crippen molar-refractivity contribution in [3.8, 4) is 0 Å². The maximum Gasteiger partial charge on any atom is 0.0613 e. The van der Waals surface area contributed by atoms with Gasteiger partial charge in [0, 0.05) is 11.6 Å². The number of aliphatic hydroxyl groups is 1. The molecule has 2 fully saturated rings. The van der Waals surface area contributed by atoms with Crippen molar-refractivity contribution < 1.29 is 5.11 Å². The van der Waals surface area contributed by atoms with E-state index in [1.807, 2.05) is 7.05 Å². The van der Waals surface area contributed by atoms with Gasteiger partial charge in [-0.15, -0.1) is 0 Å². The second kappa shape index (κ2) is 7.24. The van der Waals surface area contributed by atoms with Gasteiger partial charge in [0.15, 0.2) is 0 Å². The molecule has 3 heteroatoms. The van der Waals surface area contributed by atoms with Crippen molar-refractivity contribution >= 4 is 0 Å². The molecule has 118 valence electrons. The summed E-state index contributed by atoms with van der Waals surface area (Å²) in [5.74, 6) is 1.74. The molecule has 1 aliphatic carbocycles. The Morgan fingerprint density at radius 2 is 2.00 bits per heavy atom. The molecule has 2 rings (SSSR count). The molecule has 3 atom stereocenters. The first-order chi connectivity index (χ1) is 9.60. The first kappa shape index (κ1) is 16.3. The molecule has 3 unspecified atom stereocenters. The number of likely N-dealkylation sites (N-methyl/N-ethyl adjacent to an activating group) is 1. The Morgan fingerprint density at radius 1 is 1.20 bits per heavy atom. The van der Waals surface area contributed by atoms with Crippen LogP contribution in [0.1, 0.15) is 58.8 Å². The zero-order valence-corrected chi connectivity index (χ0v) is 13.7. The second-order valence-corrected chi connectivity index (χ2v) is 7.41. The minimum atomic E-state index is -0.0212. The number of rotatable bonds is 4. The summed E-state index contributed by atoms with van der Waals surface area (Å²) in [5, 5.41) is 13.1. The van der Waals surface area contributed by atoms with Gasteiger partial charge in [0.1, 0.15) is 0 Å². The molecule has 20 heavy (non-hydrogen) atoms. The molecular formula is C17H34N2O. The van der Waals surface area contributed by atoms with Gasteiger partial charge in [0.25, 0.3) is 0 Å². The number of hydrogen-bond acceptors (Lipinski definition) is 3. The molecule has 0 aromatic rings. The average molecular weight is 282 g/mol. The normalized spacial score (nSPS) is 37.0. The average Bonchev–Trinajstić information content (AvgIpc) is 2.73. The maximum atomic E-state index is 9.75. The molecular weight excluding hydrogens is 248 g/mol. The van der Waals surface area contributed by atoms with Gasteiger partial charge in [-0.05, 0) is 76.9 Å². The van der Waals surface area contributed by atoms with Crippen LogP contribution >= 0.6 is 0 Å². The number of hydrogen-bond donors (Lipinski definition) is 2. The van der Waals surface area contributed by atoms with Gasteiger partial charge in [0.2, 0.25) is 0 Å². The van der Waals surface area contributed by atoms with Gasteiger partial charge >= 0.3 is 0 Å². The van der Waals surface area contributed by atoms with E-state index in [4.69, 9.17) is 0 Å². The lowest BCUT2D eigenvalue weighted by Gasteiger charge is -2.44. The van der Waals surface area contributed by atoms with Gasteiger partial charge in [-0.2, -0.15) is 0 Å². The van der Waals surface area contributed by atoms with Crippen LogP contribution in [0.15, 0.2) is 0 Å². The minimum Gasteiger partial charge on any atom is -0.394 e. The first-order valence-corrected chi connectivity index (χ1v) is 8.64. The fraction of sp³-hybridized carbons (Fsp3) is 1.00. The van der Waals surface area contributed by atoms with Crippen molar-refractivity contribution in [2.75, 3.05) is 26.7 Å². The van der Waals surface area contributed by atoms with Crippen molar-refractivity contribution in [3.05, 3.63) is 0 Å². The highest BCUT2D eigenvalue weighted by Gasteiger charge is 2.37. The Hall–Kier alpha value is -0.120. The van der Waals surface area contributed by atoms with E-state index in [0.29, 0.717) is 6.04 Å². The molecule has 2 aliphatic rings. The van der Waals surface area contributed by atoms with Crippen molar-refractivity contribution in [2.45, 2.75) is 70.4 Å². The van der Waals surface area contributed by atoms with Gasteiger partial charge < -0.3 is 15.3 Å². The number of aliphatic hydroxyl groups excluding tert-OH is 1. The zero-order valence-electron chi connectivity index (χ0n) is 13.7. The summed E-state index contributed by atoms with van der Waals surface area (Å²) in [7, 11) is 2.01. The van der Waals surface area contributed by atoms with Crippen LogP contribution in [-0.2, 0) is 0 Å². The molecule has 1 saturated heterocycles. The molecule has 1 heterocycles. The SMILES string of the molecule is CNC1(CO)CCCC(N2CCCC(C(C)C)CC2)C1. The molecule has 0 spiro atoms. The van der Waals surface area contributed by atoms with E-state index in [1.165, 1.54) is 45.2 Å². The predicted octanol–water partition coefficient (Wildman–Crippen LogP) is 2.64. The zero-order chi connectivity index (χ0) is 14.6. The third-order valence-corrected chi connectivity index (χ3v) is 5.92. The van der Waals surface area contributed by atoms with Crippen LogP contribution < -0.4 is 5.32 Å². The quantitative estimate of drug-likeness (QED) is 0.832. The fourth-order valence-electron chi connectivity index (χ4n) is 4.27. The second-order valence-electron chi connectivity index (χ2n) is 7.41. The molecule has 0 amide bonds. The lowest BCUT2D eigenvalue weighted by atomic mass is 9.79. The Morgan fingerprint density at radius 3 is 2.65 bits per heavy atom. The van der Waals surface area contributed by atoms with Gasteiger partial charge in [-0.3, -0.25) is 0 Å². The predicted molar refractivity (Wildman–Crippen MR) is 84.9 cm³/mol. The minimum absolute atomic E-state index is 0.0212. The van der Waals surface area contributed by atoms with Gasteiger partial charge in [0.05, 0.1) is 6.61 Å². The van der Waals surface area contributed by atoms with Crippen LogP contribution in [0, 0.1) is 11.8 Å². The van der Waals surface area contributed by atoms with Gasteiger partial charge in [-0.25, -0.2) is 0 Å². The van der Waals surface area contributed by atoms with Crippen molar-refractivity contribution in [1.29, 1.82) is 0 Å². The summed E-state index contributed by atoms with van der Waals surface area (Å²) in [5.41, 5.74) is -0.0212. The van der Waals surface area contributed by atoms with E-state index in [-0.39, 0.29) is 12.1 Å². The van der Waals surface area contributed by atoms with E-state index in [9.17, 15) is 5.11 Å². The number of nitrogens with one attached hydrogen (secondary N) is 1. The Labute approximate surface area is 125 Å². The Bertz CT molecular complexity index is 289. The summed E-state index contributed by atoms with van der Waals surface area (Å²) < 4.78 is 0. The molecule has 0 radical (unpaired) electrons. The highest BCUT2D eigenvalue weighted by molar-refractivity contribution is 4.96. The maximum absolute atomic E-state index is 9.75. The smallest absolute Gasteiger partial charge is 0.0613 e. The monoisotopic (exact) mass is 282 g/mol. The van der Waals surface area contributed by atoms with Crippen LogP contribution in [0.3, 0.4) is 0 Å². The van der Waals surface area contributed by atoms with E-state index in [0.717, 1.165) is 24.7 Å². The fourth-order valence-corrected chi connectivity index (χ4v) is 4.27. The van der Waals surface area contributed by atoms with Crippen LogP contribution in [0.5, 0.6) is 0 Å². The Balaban J connectivity index is 1.94. The van der Waals surface area contributed by atoms with Crippen LogP contribution in [0.2, 0.25) is 0 Å². The highest BCUT2D eigenvalue weighted by Crippen LogP contribution is 2.33. The van der Waals surface area contributed by atoms with Crippen LogP contribution in [0.4, 0.5) is 0 Å². The van der Waals surface area contributed by atoms with Crippen molar-refractivity contribution in [1.82, 2.24) is 10.2 Å². The standard InChI is InChI=1S/C17H34N2O/c1-14(2)15-6-5-10-19(11-8-15)16-7-4-9-17(12-16,13-20)18-3/h14-16,18,20H,4-13H2,1-3H3. The van der Waals surface area contributed by atoms with Crippen molar-refractivity contribution in [3.63, 3.8) is 0 Å². The van der Waals surface area contributed by atoms with E-state index < -0.39 is 0 Å². The Kier molecular flexibility index (Phi) is 5.88. The summed E-state index contributed by atoms with van der Waals surface area (Å²) in [6.45, 7) is 7.55. The third-order valence-electron chi connectivity index (χ3n) is 5.92. The lowest BCUT2D eigenvalue weighted by molar-refractivity contribution is 0.0644. The third kappa shape index (κ3) is 3.75. The topological polar surface area (TPSA) is 35.5 Å². The first-order valence-electron chi connectivity index (χ1n) is 8.64. The molecule has 0 bridgehead atoms. The van der Waals surface area contributed by atoms with Crippen molar-refractivity contribution in [2.24, 2.45) is 11.8 Å². The van der Waals surface area contributed by atoms with E-state index >= 15 is 0 Å². The van der Waals surface area contributed by atoms with Crippen LogP contribution in [0.25, 0.3) is 0 Å². The molecule has 2 N–H and O–H groups in total. The van der Waals surface area contributed by atoms with Crippen LogP contribution in [-0.4, -0.2) is 48.3 Å². The number of likely N-dealkylation sites (tertiary alicyclic amines) is 1.